The smallest absolute Gasteiger partial charge is 0.340 e. The van der Waals surface area contributed by atoms with Gasteiger partial charge in [0.2, 0.25) is 5.60 Å². The van der Waals surface area contributed by atoms with E-state index in [1.807, 2.05) is 0 Å². The van der Waals surface area contributed by atoms with Gasteiger partial charge >= 0.3 is 5.97 Å². The summed E-state index contributed by atoms with van der Waals surface area (Å²) in [6, 6.07) is -1.30. The van der Waals surface area contributed by atoms with Crippen molar-refractivity contribution in [1.82, 2.24) is 0 Å². The van der Waals surface area contributed by atoms with Gasteiger partial charge in [0.25, 0.3) is 0 Å². The van der Waals surface area contributed by atoms with Gasteiger partial charge in [0, 0.05) is 0 Å². The first-order valence-electron chi connectivity index (χ1n) is 3.50. The quantitative estimate of drug-likeness (QED) is 0.287. The van der Waals surface area contributed by atoms with E-state index < -0.39 is 37.6 Å². The van der Waals surface area contributed by atoms with E-state index in [-0.39, 0.29) is 0 Å². The summed E-state index contributed by atoms with van der Waals surface area (Å²) in [6.45, 7) is -2.50. The Morgan fingerprint density at radius 1 is 1.46 bits per heavy atom. The van der Waals surface area contributed by atoms with Crippen LogP contribution in [0, 0.1) is 0 Å². The van der Waals surface area contributed by atoms with Crippen LogP contribution in [0.3, 0.4) is 0 Å². The van der Waals surface area contributed by atoms with E-state index in [2.05, 4.69) is 4.74 Å². The Kier molecular flexibility index (Phi) is 4.81. The maximum absolute atomic E-state index is 10.7. The van der Waals surface area contributed by atoms with E-state index in [4.69, 9.17) is 26.2 Å². The van der Waals surface area contributed by atoms with Crippen molar-refractivity contribution in [2.75, 3.05) is 20.0 Å². The van der Waals surface area contributed by atoms with Gasteiger partial charge in [-0.15, -0.1) is 0 Å². The number of aliphatic hydroxyl groups excluding tert-OH is 3. The van der Waals surface area contributed by atoms with Crippen LogP contribution in [0.2, 0.25) is 0 Å². The highest BCUT2D eigenvalue weighted by Crippen LogP contribution is 2.14. The van der Waals surface area contributed by atoms with E-state index in [1.54, 1.807) is 0 Å². The Morgan fingerprint density at radius 3 is 2.23 bits per heavy atom. The second-order valence-corrected chi connectivity index (χ2v) is 2.42. The van der Waals surface area contributed by atoms with E-state index in [0.717, 1.165) is 0 Å². The highest BCUT2D eigenvalue weighted by molar-refractivity contribution is 5.78. The largest absolute Gasteiger partial charge is 0.479 e. The summed E-state index contributed by atoms with van der Waals surface area (Å²) < 4.78 is 4.41. The second-order valence-electron chi connectivity index (χ2n) is 2.42. The average molecular weight is 195 g/mol. The third-order valence-corrected chi connectivity index (χ3v) is 1.71. The summed E-state index contributed by atoms with van der Waals surface area (Å²) >= 11 is 0. The number of hydrogen-bond donors (Lipinski definition) is 5. The van der Waals surface area contributed by atoms with Gasteiger partial charge in [-0.2, -0.15) is 0 Å². The molecule has 0 saturated heterocycles. The second kappa shape index (κ2) is 5.10. The van der Waals surface area contributed by atoms with Crippen molar-refractivity contribution < 1.29 is 30.0 Å². The van der Waals surface area contributed by atoms with Gasteiger partial charge in [0.1, 0.15) is 6.79 Å². The zero-order chi connectivity index (χ0) is 10.5. The molecule has 6 N–H and O–H groups in total. The molecule has 0 radical (unpaired) electrons. The predicted molar refractivity (Wildman–Crippen MR) is 40.7 cm³/mol. The molecule has 0 spiro atoms. The minimum absolute atomic E-state index is 0.674. The summed E-state index contributed by atoms with van der Waals surface area (Å²) in [6.07, 6.45) is 0. The zero-order valence-corrected chi connectivity index (χ0v) is 6.88. The van der Waals surface area contributed by atoms with Crippen LogP contribution in [0.1, 0.15) is 0 Å². The molecule has 0 aliphatic rings. The van der Waals surface area contributed by atoms with Gasteiger partial charge < -0.3 is 30.9 Å². The molecule has 0 bridgehead atoms. The van der Waals surface area contributed by atoms with Crippen LogP contribution in [-0.2, 0) is 9.53 Å². The Morgan fingerprint density at radius 2 is 2.00 bits per heavy atom. The molecule has 0 fully saturated rings. The molecule has 0 saturated carbocycles. The molecule has 78 valence electrons. The van der Waals surface area contributed by atoms with Crippen molar-refractivity contribution in [3.05, 3.63) is 0 Å². The monoisotopic (exact) mass is 195 g/mol. The van der Waals surface area contributed by atoms with Crippen LogP contribution in [0.25, 0.3) is 0 Å². The van der Waals surface area contributed by atoms with Crippen molar-refractivity contribution in [3.63, 3.8) is 0 Å². The summed E-state index contributed by atoms with van der Waals surface area (Å²) in [5, 5.41) is 34.4. The number of hydrogen-bond acceptors (Lipinski definition) is 6. The summed E-state index contributed by atoms with van der Waals surface area (Å²) in [5.41, 5.74) is 3.07. The molecular formula is C6H13NO6. The van der Waals surface area contributed by atoms with E-state index in [9.17, 15) is 4.79 Å². The molecule has 0 aliphatic carbocycles. The van der Waals surface area contributed by atoms with Crippen molar-refractivity contribution in [2.24, 2.45) is 5.73 Å². The van der Waals surface area contributed by atoms with Gasteiger partial charge in [-0.1, -0.05) is 0 Å². The number of carboxylic acid groups (broad SMARTS) is 1. The lowest BCUT2D eigenvalue weighted by atomic mass is 9.96. The first-order valence-corrected chi connectivity index (χ1v) is 3.50. The third kappa shape index (κ3) is 2.36. The number of aliphatic hydroxyl groups is 3. The van der Waals surface area contributed by atoms with Crippen LogP contribution in [0.4, 0.5) is 0 Å². The SMILES string of the molecule is NC(CO)C(CO)(OCO)C(=O)O. The van der Waals surface area contributed by atoms with Gasteiger partial charge in [0.15, 0.2) is 0 Å². The van der Waals surface area contributed by atoms with Crippen LogP contribution in [0.5, 0.6) is 0 Å². The molecule has 0 aromatic carbocycles. The van der Waals surface area contributed by atoms with E-state index >= 15 is 0 Å². The van der Waals surface area contributed by atoms with Crippen LogP contribution >= 0.6 is 0 Å². The number of nitrogens with two attached hydrogens (primary N) is 1. The van der Waals surface area contributed by atoms with Crippen molar-refractivity contribution >= 4 is 5.97 Å². The number of aliphatic carboxylic acids is 1. The van der Waals surface area contributed by atoms with Crippen molar-refractivity contribution in [1.29, 1.82) is 0 Å². The highest BCUT2D eigenvalue weighted by atomic mass is 16.6. The first kappa shape index (κ1) is 12.3. The fourth-order valence-electron chi connectivity index (χ4n) is 0.821. The van der Waals surface area contributed by atoms with Gasteiger partial charge in [-0.3, -0.25) is 0 Å². The Bertz CT molecular complexity index is 175. The molecule has 7 nitrogen and oxygen atoms in total. The number of carboxylic acids is 1. The van der Waals surface area contributed by atoms with Crippen molar-refractivity contribution in [2.45, 2.75) is 11.6 Å². The van der Waals surface area contributed by atoms with E-state index in [0.29, 0.717) is 0 Å². The van der Waals surface area contributed by atoms with Gasteiger partial charge in [0.05, 0.1) is 19.3 Å². The summed E-state index contributed by atoms with van der Waals surface area (Å²) in [7, 11) is 0. The molecule has 0 aliphatic heterocycles. The molecule has 13 heavy (non-hydrogen) atoms. The fraction of sp³-hybridized carbons (Fsp3) is 0.833. The minimum Gasteiger partial charge on any atom is -0.479 e. The highest BCUT2D eigenvalue weighted by Gasteiger charge is 2.45. The number of carbonyl (C=O) groups is 1. The standard InChI is InChI=1S/C6H13NO6/c7-4(1-8)6(2-9,5(11)12)13-3-10/h4,8-10H,1-3,7H2,(H,11,12). The molecule has 2 atom stereocenters. The fourth-order valence-corrected chi connectivity index (χ4v) is 0.821. The molecule has 7 heteroatoms. The molecule has 2 unspecified atom stereocenters. The lowest BCUT2D eigenvalue weighted by Gasteiger charge is -2.30. The van der Waals surface area contributed by atoms with Crippen LogP contribution < -0.4 is 5.73 Å². The van der Waals surface area contributed by atoms with E-state index in [1.165, 1.54) is 0 Å². The normalized spacial score (nSPS) is 17.8. The Labute approximate surface area is 74.4 Å². The summed E-state index contributed by atoms with van der Waals surface area (Å²) in [5.74, 6) is -1.54. The summed E-state index contributed by atoms with van der Waals surface area (Å²) in [4.78, 5) is 10.7. The Hall–Kier alpha value is -0.730. The lowest BCUT2D eigenvalue weighted by molar-refractivity contribution is -0.192. The Balaban J connectivity index is 4.74. The van der Waals surface area contributed by atoms with Gasteiger partial charge in [-0.05, 0) is 0 Å². The maximum Gasteiger partial charge on any atom is 0.340 e. The minimum atomic E-state index is -2.15. The number of rotatable bonds is 6. The van der Waals surface area contributed by atoms with Crippen LogP contribution in [0.15, 0.2) is 0 Å². The zero-order valence-electron chi connectivity index (χ0n) is 6.88. The predicted octanol–water partition coefficient (Wildman–Crippen LogP) is -2.91. The molecule has 0 rings (SSSR count). The third-order valence-electron chi connectivity index (χ3n) is 1.71. The first-order chi connectivity index (χ1) is 6.05. The topological polar surface area (TPSA) is 133 Å². The molecule has 0 aromatic rings. The molecule has 0 heterocycles. The average Bonchev–Trinajstić information content (AvgIpc) is 2.12. The van der Waals surface area contributed by atoms with Crippen molar-refractivity contribution in [3.8, 4) is 0 Å². The maximum atomic E-state index is 10.7. The molecular weight excluding hydrogens is 182 g/mol. The van der Waals surface area contributed by atoms with Gasteiger partial charge in [-0.25, -0.2) is 4.79 Å². The van der Waals surface area contributed by atoms with Crippen LogP contribution in [-0.4, -0.2) is 58.0 Å². The lowest BCUT2D eigenvalue weighted by Crippen LogP contribution is -2.60. The number of ether oxygens (including phenoxy) is 1. The molecule has 0 aromatic heterocycles. The molecule has 0 amide bonds.